The number of carbonyl (C=O) groups excluding carboxylic acids is 2. The van der Waals surface area contributed by atoms with Crippen molar-refractivity contribution in [2.45, 2.75) is 78.6 Å². The van der Waals surface area contributed by atoms with Gasteiger partial charge in [0.25, 0.3) is 5.91 Å². The van der Waals surface area contributed by atoms with Crippen LogP contribution >= 0.6 is 0 Å². The van der Waals surface area contributed by atoms with E-state index in [1.807, 2.05) is 13.8 Å². The first-order valence-electron chi connectivity index (χ1n) is 12.3. The van der Waals surface area contributed by atoms with Crippen molar-refractivity contribution in [2.75, 3.05) is 6.61 Å². The number of amides is 2. The lowest BCUT2D eigenvalue weighted by Crippen LogP contribution is -2.48. The van der Waals surface area contributed by atoms with Crippen LogP contribution in [0, 0.1) is 31.4 Å². The largest absolute Gasteiger partial charge is 0.481 e. The van der Waals surface area contributed by atoms with Gasteiger partial charge < -0.3 is 9.47 Å². The van der Waals surface area contributed by atoms with E-state index in [1.165, 1.54) is 23.1 Å². The van der Waals surface area contributed by atoms with Crippen molar-refractivity contribution in [3.63, 3.8) is 0 Å². The Morgan fingerprint density at radius 2 is 1.74 bits per heavy atom. The second kappa shape index (κ2) is 12.2. The molecule has 0 unspecified atom stereocenters. The predicted molar refractivity (Wildman–Crippen MR) is 130 cm³/mol. The fourth-order valence-corrected chi connectivity index (χ4v) is 4.39. The molecular formula is C28H35F2NO4. The van der Waals surface area contributed by atoms with Gasteiger partial charge in [0.1, 0.15) is 17.4 Å². The third kappa shape index (κ3) is 7.10. The van der Waals surface area contributed by atoms with E-state index in [0.29, 0.717) is 62.2 Å². The quantitative estimate of drug-likeness (QED) is 0.371. The van der Waals surface area contributed by atoms with Crippen LogP contribution in [0.3, 0.4) is 0 Å². The van der Waals surface area contributed by atoms with Gasteiger partial charge >= 0.3 is 0 Å². The normalized spacial score (nSPS) is 16.7. The molecule has 2 atom stereocenters. The van der Waals surface area contributed by atoms with Crippen molar-refractivity contribution in [3.8, 4) is 5.75 Å². The first-order valence-corrected chi connectivity index (χ1v) is 12.3. The number of hydrogen-bond acceptors (Lipinski definition) is 4. The first-order chi connectivity index (χ1) is 16.7. The van der Waals surface area contributed by atoms with E-state index in [2.05, 4.69) is 0 Å². The second-order valence-corrected chi connectivity index (χ2v) is 9.60. The molecule has 1 fully saturated rings. The number of unbranched alkanes of at least 4 members (excludes halogenated alkanes) is 1. The summed E-state index contributed by atoms with van der Waals surface area (Å²) < 4.78 is 38.8. The number of aryl methyl sites for hydroxylation is 2. The van der Waals surface area contributed by atoms with Crippen molar-refractivity contribution in [2.24, 2.45) is 5.92 Å². The van der Waals surface area contributed by atoms with Gasteiger partial charge in [0, 0.05) is 19.1 Å². The molecule has 0 aliphatic carbocycles. The van der Waals surface area contributed by atoms with E-state index in [0.717, 1.165) is 5.56 Å². The molecule has 3 rings (SSSR count). The molecule has 35 heavy (non-hydrogen) atoms. The number of halogens is 2. The van der Waals surface area contributed by atoms with E-state index in [4.69, 9.17) is 9.47 Å². The number of likely N-dealkylation sites (tertiary alicyclic amines) is 1. The Hall–Kier alpha value is -2.80. The SMILES string of the molecule is Cc1cc(COCCCC[C@@H](Oc2ccc(F)c(C)c2)C(=O)N2C(=O)CC[C@@H]2C(C)C)ccc1F. The Morgan fingerprint density at radius 1 is 1.06 bits per heavy atom. The topological polar surface area (TPSA) is 55.8 Å². The van der Waals surface area contributed by atoms with Gasteiger partial charge in [0.2, 0.25) is 5.91 Å². The lowest BCUT2D eigenvalue weighted by Gasteiger charge is -2.30. The summed E-state index contributed by atoms with van der Waals surface area (Å²) in [6.07, 6.45) is 1.91. The molecule has 1 heterocycles. The molecule has 0 spiro atoms. The monoisotopic (exact) mass is 487 g/mol. The molecule has 7 heteroatoms. The van der Waals surface area contributed by atoms with Crippen molar-refractivity contribution in [3.05, 3.63) is 64.7 Å². The summed E-state index contributed by atoms with van der Waals surface area (Å²) in [6, 6.07) is 9.14. The highest BCUT2D eigenvalue weighted by Gasteiger charge is 2.40. The zero-order valence-electron chi connectivity index (χ0n) is 21.0. The van der Waals surface area contributed by atoms with Gasteiger partial charge in [-0.1, -0.05) is 26.0 Å². The summed E-state index contributed by atoms with van der Waals surface area (Å²) in [6.45, 7) is 8.22. The van der Waals surface area contributed by atoms with E-state index < -0.39 is 6.10 Å². The molecule has 0 saturated carbocycles. The second-order valence-electron chi connectivity index (χ2n) is 9.60. The summed E-state index contributed by atoms with van der Waals surface area (Å²) in [4.78, 5) is 27.3. The highest BCUT2D eigenvalue weighted by molar-refractivity contribution is 5.99. The molecule has 2 amide bonds. The van der Waals surface area contributed by atoms with Gasteiger partial charge in [0.15, 0.2) is 6.10 Å². The number of hydrogen-bond donors (Lipinski definition) is 0. The van der Waals surface area contributed by atoms with Crippen LogP contribution in [0.25, 0.3) is 0 Å². The maximum absolute atomic E-state index is 13.7. The van der Waals surface area contributed by atoms with Gasteiger partial charge in [-0.15, -0.1) is 0 Å². The summed E-state index contributed by atoms with van der Waals surface area (Å²) in [5.74, 6) is -0.535. The zero-order valence-corrected chi connectivity index (χ0v) is 21.0. The average molecular weight is 488 g/mol. The predicted octanol–water partition coefficient (Wildman–Crippen LogP) is 5.89. The number of ether oxygens (including phenoxy) is 2. The first kappa shape index (κ1) is 26.8. The minimum Gasteiger partial charge on any atom is -0.481 e. The van der Waals surface area contributed by atoms with E-state index >= 15 is 0 Å². The Labute approximate surface area is 206 Å². The van der Waals surface area contributed by atoms with Crippen LogP contribution in [-0.4, -0.2) is 35.5 Å². The Balaban J connectivity index is 1.60. The number of carbonyl (C=O) groups is 2. The van der Waals surface area contributed by atoms with E-state index in [1.54, 1.807) is 32.0 Å². The maximum Gasteiger partial charge on any atom is 0.270 e. The highest BCUT2D eigenvalue weighted by Crippen LogP contribution is 2.28. The van der Waals surface area contributed by atoms with Gasteiger partial charge in [-0.2, -0.15) is 0 Å². The molecule has 1 saturated heterocycles. The molecule has 2 aromatic carbocycles. The number of imide groups is 1. The van der Waals surface area contributed by atoms with Crippen LogP contribution in [0.2, 0.25) is 0 Å². The van der Waals surface area contributed by atoms with Crippen LogP contribution < -0.4 is 4.74 Å². The van der Waals surface area contributed by atoms with Crippen molar-refractivity contribution in [1.29, 1.82) is 0 Å². The van der Waals surface area contributed by atoms with Crippen molar-refractivity contribution in [1.82, 2.24) is 4.90 Å². The molecule has 0 aromatic heterocycles. The fraction of sp³-hybridized carbons (Fsp3) is 0.500. The van der Waals surface area contributed by atoms with Crippen LogP contribution in [0.1, 0.15) is 62.6 Å². The zero-order chi connectivity index (χ0) is 25.5. The number of benzene rings is 2. The molecule has 0 radical (unpaired) electrons. The lowest BCUT2D eigenvalue weighted by atomic mass is 10.0. The Kier molecular flexibility index (Phi) is 9.38. The van der Waals surface area contributed by atoms with Gasteiger partial charge in [-0.3, -0.25) is 14.5 Å². The van der Waals surface area contributed by atoms with E-state index in [-0.39, 0.29) is 35.4 Å². The highest BCUT2D eigenvalue weighted by atomic mass is 19.1. The summed E-state index contributed by atoms with van der Waals surface area (Å²) in [7, 11) is 0. The molecule has 190 valence electrons. The smallest absolute Gasteiger partial charge is 0.270 e. The van der Waals surface area contributed by atoms with E-state index in [9.17, 15) is 18.4 Å². The standard InChI is InChI=1S/C28H35F2NO4/c1-18(2)25-12-13-27(32)31(25)28(33)26(35-22-9-11-24(30)20(4)16-22)7-5-6-14-34-17-21-8-10-23(29)19(3)15-21/h8-11,15-16,18,25-26H,5-7,12-14,17H2,1-4H3/t25-,26-/m1/s1. The molecular weight excluding hydrogens is 452 g/mol. The molecule has 5 nitrogen and oxygen atoms in total. The third-order valence-corrected chi connectivity index (χ3v) is 6.44. The van der Waals surface area contributed by atoms with Crippen LogP contribution in [0.5, 0.6) is 5.75 Å². The molecule has 0 N–H and O–H groups in total. The van der Waals surface area contributed by atoms with Crippen LogP contribution in [0.15, 0.2) is 36.4 Å². The Morgan fingerprint density at radius 3 is 2.40 bits per heavy atom. The van der Waals surface area contributed by atoms with Gasteiger partial charge in [0.05, 0.1) is 6.61 Å². The maximum atomic E-state index is 13.7. The van der Waals surface area contributed by atoms with Gasteiger partial charge in [-0.25, -0.2) is 8.78 Å². The summed E-state index contributed by atoms with van der Waals surface area (Å²) in [5.41, 5.74) is 1.91. The van der Waals surface area contributed by atoms with Gasteiger partial charge in [-0.05, 0) is 86.4 Å². The van der Waals surface area contributed by atoms with Crippen molar-refractivity contribution < 1.29 is 27.8 Å². The molecule has 1 aliphatic heterocycles. The third-order valence-electron chi connectivity index (χ3n) is 6.44. The summed E-state index contributed by atoms with van der Waals surface area (Å²) in [5, 5.41) is 0. The lowest BCUT2D eigenvalue weighted by molar-refractivity contribution is -0.150. The average Bonchev–Trinajstić information content (AvgIpc) is 3.21. The number of rotatable bonds is 11. The minimum atomic E-state index is -0.845. The molecule has 2 aromatic rings. The van der Waals surface area contributed by atoms with Crippen molar-refractivity contribution >= 4 is 11.8 Å². The Bertz CT molecular complexity index is 1040. The molecule has 1 aliphatic rings. The summed E-state index contributed by atoms with van der Waals surface area (Å²) >= 11 is 0. The number of nitrogens with zero attached hydrogens (tertiary/aromatic N) is 1. The fourth-order valence-electron chi connectivity index (χ4n) is 4.39. The van der Waals surface area contributed by atoms with Crippen LogP contribution in [-0.2, 0) is 20.9 Å². The molecule has 0 bridgehead atoms. The minimum absolute atomic E-state index is 0.140. The van der Waals surface area contributed by atoms with Crippen LogP contribution in [0.4, 0.5) is 8.78 Å².